The Balaban J connectivity index is 1.40. The van der Waals surface area contributed by atoms with E-state index in [1.165, 1.54) is 70.3 Å². The lowest BCUT2D eigenvalue weighted by Gasteiger charge is -2.42. The van der Waals surface area contributed by atoms with Gasteiger partial charge < -0.3 is 0 Å². The minimum atomic E-state index is -5.05. The van der Waals surface area contributed by atoms with E-state index in [4.69, 9.17) is 0 Å². The lowest BCUT2D eigenvalue weighted by atomic mass is 9.63. The topological polar surface area (TPSA) is 0 Å². The van der Waals surface area contributed by atoms with Crippen molar-refractivity contribution in [2.45, 2.75) is 96.1 Å². The molecule has 0 aliphatic heterocycles. The molecule has 2 unspecified atom stereocenters. The third-order valence-corrected chi connectivity index (χ3v) is 8.25. The van der Waals surface area contributed by atoms with Crippen LogP contribution in [0.3, 0.4) is 0 Å². The second-order valence-electron chi connectivity index (χ2n) is 10.4. The Morgan fingerprint density at radius 2 is 1.58 bits per heavy atom. The van der Waals surface area contributed by atoms with Crippen molar-refractivity contribution in [3.8, 4) is 0 Å². The first-order valence-corrected chi connectivity index (χ1v) is 12.8. The van der Waals surface area contributed by atoms with Crippen molar-refractivity contribution >= 4 is 10.8 Å². The van der Waals surface area contributed by atoms with Crippen molar-refractivity contribution in [3.05, 3.63) is 47.0 Å². The second-order valence-corrected chi connectivity index (χ2v) is 10.4. The smallest absolute Gasteiger partial charge is 0.206 e. The molecule has 0 heterocycles. The Morgan fingerprint density at radius 3 is 2.33 bits per heavy atom. The van der Waals surface area contributed by atoms with Gasteiger partial charge in [-0.25, -0.2) is 8.78 Å². The van der Waals surface area contributed by atoms with Crippen molar-refractivity contribution in [2.24, 2.45) is 17.8 Å². The molecule has 0 saturated heterocycles. The van der Waals surface area contributed by atoms with Crippen LogP contribution in [0.25, 0.3) is 10.8 Å². The number of alkyl halides is 3. The number of unbranched alkanes of at least 4 members (excludes halogenated alkanes) is 4. The fourth-order valence-corrected chi connectivity index (χ4v) is 6.45. The van der Waals surface area contributed by atoms with E-state index in [1.54, 1.807) is 12.1 Å². The summed E-state index contributed by atoms with van der Waals surface area (Å²) in [5.41, 5.74) is -0.803. The molecule has 182 valence electrons. The van der Waals surface area contributed by atoms with Gasteiger partial charge in [0.25, 0.3) is 0 Å². The molecule has 2 aromatic carbocycles. The molecule has 2 fully saturated rings. The van der Waals surface area contributed by atoms with E-state index in [2.05, 4.69) is 6.92 Å². The highest BCUT2D eigenvalue weighted by Crippen LogP contribution is 2.49. The van der Waals surface area contributed by atoms with Gasteiger partial charge in [0, 0.05) is 5.39 Å². The van der Waals surface area contributed by atoms with Crippen LogP contribution in [0.2, 0.25) is 0 Å². The Kier molecular flexibility index (Phi) is 7.65. The summed E-state index contributed by atoms with van der Waals surface area (Å²) < 4.78 is 67.6. The fraction of sp³-hybridized carbons (Fsp3) is 0.643. The highest BCUT2D eigenvalue weighted by molar-refractivity contribution is 5.85. The molecule has 0 nitrogen and oxygen atoms in total. The average molecular weight is 467 g/mol. The molecule has 0 bridgehead atoms. The molecule has 0 aromatic heterocycles. The van der Waals surface area contributed by atoms with Crippen molar-refractivity contribution in [2.75, 3.05) is 0 Å². The molecule has 0 radical (unpaired) electrons. The highest BCUT2D eigenvalue weighted by atomic mass is 19.4. The Hall–Kier alpha value is -1.65. The van der Waals surface area contributed by atoms with E-state index in [-0.39, 0.29) is 10.8 Å². The van der Waals surface area contributed by atoms with E-state index < -0.39 is 23.4 Å². The maximum atomic E-state index is 14.4. The van der Waals surface area contributed by atoms with Crippen LogP contribution >= 0.6 is 0 Å². The predicted octanol–water partition coefficient (Wildman–Crippen LogP) is 9.80. The van der Waals surface area contributed by atoms with Crippen LogP contribution in [0.4, 0.5) is 22.0 Å². The first-order chi connectivity index (χ1) is 15.8. The summed E-state index contributed by atoms with van der Waals surface area (Å²) in [5, 5.41) is 0.0463. The first kappa shape index (κ1) is 24.5. The number of hydrogen-bond acceptors (Lipinski definition) is 0. The molecular formula is C28H35F5. The second kappa shape index (κ2) is 10.3. The summed E-state index contributed by atoms with van der Waals surface area (Å²) in [6.45, 7) is 2.25. The summed E-state index contributed by atoms with van der Waals surface area (Å²) in [5.74, 6) is -0.409. The van der Waals surface area contributed by atoms with E-state index in [0.29, 0.717) is 11.8 Å². The van der Waals surface area contributed by atoms with Gasteiger partial charge in [0.1, 0.15) is 17.2 Å². The molecule has 2 aromatic rings. The third-order valence-electron chi connectivity index (χ3n) is 8.25. The van der Waals surface area contributed by atoms with Gasteiger partial charge in [0.2, 0.25) is 0 Å². The largest absolute Gasteiger partial charge is 0.422 e. The van der Waals surface area contributed by atoms with Crippen molar-refractivity contribution < 1.29 is 22.0 Å². The molecule has 33 heavy (non-hydrogen) atoms. The van der Waals surface area contributed by atoms with Crippen LogP contribution in [0.15, 0.2) is 24.3 Å². The number of hydrogen-bond donors (Lipinski definition) is 0. The molecule has 2 aliphatic rings. The Morgan fingerprint density at radius 1 is 0.848 bits per heavy atom. The quantitative estimate of drug-likeness (QED) is 0.281. The van der Waals surface area contributed by atoms with Gasteiger partial charge in [-0.1, -0.05) is 70.1 Å². The van der Waals surface area contributed by atoms with Crippen LogP contribution in [0, 0.1) is 29.4 Å². The van der Waals surface area contributed by atoms with Crippen molar-refractivity contribution in [3.63, 3.8) is 0 Å². The van der Waals surface area contributed by atoms with Gasteiger partial charge in [-0.2, -0.15) is 13.2 Å². The van der Waals surface area contributed by atoms with Gasteiger partial charge in [0.15, 0.2) is 0 Å². The van der Waals surface area contributed by atoms with E-state index in [9.17, 15) is 22.0 Å². The summed E-state index contributed by atoms with van der Waals surface area (Å²) in [6.07, 6.45) is 10.2. The highest BCUT2D eigenvalue weighted by Gasteiger charge is 2.39. The normalized spacial score (nSPS) is 25.9. The van der Waals surface area contributed by atoms with Gasteiger partial charge in [0.05, 0.1) is 0 Å². The lowest BCUT2D eigenvalue weighted by molar-refractivity contribution is -0.142. The number of halogens is 5. The molecular weight excluding hydrogens is 431 g/mol. The zero-order chi connectivity index (χ0) is 23.6. The minimum Gasteiger partial charge on any atom is -0.206 e. The standard InChI is InChI=1S/C28H35F5/c1-2-3-4-5-6-7-18-8-9-20-15-21(11-10-19(20)14-18)22-12-13-24-23(16-22)17-25(29)26(27(24)30)28(31,32)33/h12-13,16-21H,2-11,14-15H2,1H3/t18-,19?,20-,21?/m1/s1. The molecule has 2 aliphatic carbocycles. The van der Waals surface area contributed by atoms with E-state index in [1.807, 2.05) is 0 Å². The summed E-state index contributed by atoms with van der Waals surface area (Å²) in [7, 11) is 0. The van der Waals surface area contributed by atoms with Crippen molar-refractivity contribution in [1.82, 2.24) is 0 Å². The molecule has 4 rings (SSSR count). The average Bonchev–Trinajstić information content (AvgIpc) is 2.77. The van der Waals surface area contributed by atoms with Crippen LogP contribution in [0.5, 0.6) is 0 Å². The first-order valence-electron chi connectivity index (χ1n) is 12.8. The molecule has 5 heteroatoms. The number of benzene rings is 2. The Bertz CT molecular complexity index is 947. The molecule has 0 N–H and O–H groups in total. The van der Waals surface area contributed by atoms with Crippen molar-refractivity contribution in [1.29, 1.82) is 0 Å². The molecule has 0 amide bonds. The number of rotatable bonds is 7. The van der Waals surface area contributed by atoms with Crippen LogP contribution in [-0.2, 0) is 6.18 Å². The van der Waals surface area contributed by atoms with Gasteiger partial charge in [-0.05, 0) is 72.8 Å². The van der Waals surface area contributed by atoms with Crippen LogP contribution in [-0.4, -0.2) is 0 Å². The maximum Gasteiger partial charge on any atom is 0.422 e. The molecule has 2 saturated carbocycles. The van der Waals surface area contributed by atoms with E-state index in [0.717, 1.165) is 36.3 Å². The van der Waals surface area contributed by atoms with Gasteiger partial charge >= 0.3 is 6.18 Å². The minimum absolute atomic E-state index is 0.166. The number of fused-ring (bicyclic) bond motifs is 2. The summed E-state index contributed by atoms with van der Waals surface area (Å²) >= 11 is 0. The summed E-state index contributed by atoms with van der Waals surface area (Å²) in [6, 6.07) is 5.68. The molecule has 0 spiro atoms. The molecule has 4 atom stereocenters. The summed E-state index contributed by atoms with van der Waals surface area (Å²) in [4.78, 5) is 0. The fourth-order valence-electron chi connectivity index (χ4n) is 6.45. The van der Waals surface area contributed by atoms with Gasteiger partial charge in [-0.3, -0.25) is 0 Å². The SMILES string of the molecule is CCCCCCC[C@@H]1CC[C@@H]2CC(c3ccc4c(F)c(C(F)(F)F)c(F)cc4c3)CCC2C1. The lowest BCUT2D eigenvalue weighted by Crippen LogP contribution is -2.30. The zero-order valence-electron chi connectivity index (χ0n) is 19.5. The monoisotopic (exact) mass is 466 g/mol. The maximum absolute atomic E-state index is 14.4. The predicted molar refractivity (Wildman–Crippen MR) is 123 cm³/mol. The zero-order valence-corrected chi connectivity index (χ0v) is 19.5. The van der Waals surface area contributed by atoms with Crippen LogP contribution < -0.4 is 0 Å². The third kappa shape index (κ3) is 5.54. The Labute approximate surface area is 193 Å². The van der Waals surface area contributed by atoms with Gasteiger partial charge in [-0.15, -0.1) is 0 Å². The van der Waals surface area contributed by atoms with E-state index >= 15 is 0 Å². The van der Waals surface area contributed by atoms with Crippen LogP contribution in [0.1, 0.15) is 101 Å².